The molecular weight excluding hydrogens is 388 g/mol. The minimum atomic E-state index is 0.275. The molecule has 1 unspecified atom stereocenters. The van der Waals surface area contributed by atoms with Crippen molar-refractivity contribution in [1.82, 2.24) is 19.6 Å². The van der Waals surface area contributed by atoms with Crippen LogP contribution in [0.25, 0.3) is 0 Å². The molecule has 3 aliphatic heterocycles. The number of hydrogen-bond acceptors (Lipinski definition) is 5. The van der Waals surface area contributed by atoms with Gasteiger partial charge in [0.05, 0.1) is 0 Å². The van der Waals surface area contributed by atoms with Gasteiger partial charge in [-0.1, -0.05) is 25.1 Å². The molecule has 0 aliphatic carbocycles. The molecule has 3 fully saturated rings. The number of carbonyl (C=O) groups excluding carboxylic acids is 1. The summed E-state index contributed by atoms with van der Waals surface area (Å²) in [4.78, 5) is 21.5. The van der Waals surface area contributed by atoms with Gasteiger partial charge in [-0.05, 0) is 38.4 Å². The van der Waals surface area contributed by atoms with Crippen molar-refractivity contribution >= 4 is 5.91 Å². The summed E-state index contributed by atoms with van der Waals surface area (Å²) in [7, 11) is 1.97. The Labute approximate surface area is 188 Å². The number of piperidine rings is 2. The van der Waals surface area contributed by atoms with Crippen LogP contribution in [0.4, 0.5) is 0 Å². The Bertz CT molecular complexity index is 734. The van der Waals surface area contributed by atoms with Gasteiger partial charge >= 0.3 is 0 Å². The summed E-state index contributed by atoms with van der Waals surface area (Å²) in [5.41, 5.74) is 1.56. The van der Waals surface area contributed by atoms with E-state index in [4.69, 9.17) is 4.74 Å². The lowest BCUT2D eigenvalue weighted by atomic mass is 9.73. The first kappa shape index (κ1) is 22.6. The van der Waals surface area contributed by atoms with Gasteiger partial charge in [0.15, 0.2) is 0 Å². The number of piperazine rings is 1. The number of likely N-dealkylation sites (tertiary alicyclic amines) is 2. The molecule has 172 valence electrons. The molecule has 3 aliphatic rings. The lowest BCUT2D eigenvalue weighted by molar-refractivity contribution is -0.137. The summed E-state index contributed by atoms with van der Waals surface area (Å²) < 4.78 is 6.27. The fourth-order valence-electron chi connectivity index (χ4n) is 5.64. The smallest absolute Gasteiger partial charge is 0.222 e. The molecule has 6 nitrogen and oxygen atoms in total. The number of likely N-dealkylation sites (N-methyl/N-ethyl adjacent to an activating group) is 1. The van der Waals surface area contributed by atoms with Crippen molar-refractivity contribution in [3.05, 3.63) is 29.8 Å². The summed E-state index contributed by atoms with van der Waals surface area (Å²) in [5, 5.41) is 0. The van der Waals surface area contributed by atoms with Gasteiger partial charge in [0.25, 0.3) is 0 Å². The van der Waals surface area contributed by atoms with Gasteiger partial charge in [0.2, 0.25) is 5.91 Å². The quantitative estimate of drug-likeness (QED) is 0.667. The number of ether oxygens (including phenoxy) is 1. The predicted molar refractivity (Wildman–Crippen MR) is 124 cm³/mol. The van der Waals surface area contributed by atoms with Crippen LogP contribution in [0.3, 0.4) is 0 Å². The van der Waals surface area contributed by atoms with Crippen LogP contribution in [0.5, 0.6) is 5.75 Å². The molecule has 0 saturated carbocycles. The molecule has 3 heterocycles. The minimum absolute atomic E-state index is 0.275. The predicted octanol–water partition coefficient (Wildman–Crippen LogP) is 2.54. The Kier molecular flexibility index (Phi) is 7.51. The molecule has 3 saturated heterocycles. The van der Waals surface area contributed by atoms with Crippen LogP contribution in [-0.2, 0) is 11.3 Å². The topological polar surface area (TPSA) is 39.3 Å². The highest BCUT2D eigenvalue weighted by molar-refractivity contribution is 5.76. The standard InChI is InChI=1S/C25H40N4O2/c1-3-27-13-15-28(16-14-27)17-18-31-23-8-5-4-7-22(23)19-29-12-6-10-25(21-29)11-9-24(30)26(2)20-25/h4-5,7-8H,3,6,9-21H2,1-2H3. The van der Waals surface area contributed by atoms with Crippen LogP contribution in [0.2, 0.25) is 0 Å². The van der Waals surface area contributed by atoms with E-state index < -0.39 is 0 Å². The summed E-state index contributed by atoms with van der Waals surface area (Å²) in [6.45, 7) is 13.8. The van der Waals surface area contributed by atoms with Crippen molar-refractivity contribution in [3.63, 3.8) is 0 Å². The van der Waals surface area contributed by atoms with Crippen molar-refractivity contribution in [2.24, 2.45) is 5.41 Å². The van der Waals surface area contributed by atoms with E-state index in [2.05, 4.69) is 45.9 Å². The highest BCUT2D eigenvalue weighted by Crippen LogP contribution is 2.39. The summed E-state index contributed by atoms with van der Waals surface area (Å²) in [5.74, 6) is 1.34. The molecule has 1 spiro atoms. The van der Waals surface area contributed by atoms with Gasteiger partial charge in [-0.15, -0.1) is 0 Å². The Morgan fingerprint density at radius 3 is 2.52 bits per heavy atom. The SMILES string of the molecule is CCN1CCN(CCOc2ccccc2CN2CCCC3(CCC(=O)N(C)C3)C2)CC1. The molecule has 1 aromatic rings. The van der Waals surface area contributed by atoms with Gasteiger partial charge in [-0.3, -0.25) is 14.6 Å². The van der Waals surface area contributed by atoms with E-state index >= 15 is 0 Å². The Hall–Kier alpha value is -1.63. The number of para-hydroxylation sites is 1. The Morgan fingerprint density at radius 1 is 0.968 bits per heavy atom. The third-order valence-electron chi connectivity index (χ3n) is 7.55. The molecule has 0 N–H and O–H groups in total. The zero-order chi connectivity index (χ0) is 21.7. The number of amides is 1. The normalized spacial score (nSPS) is 26.5. The van der Waals surface area contributed by atoms with Crippen molar-refractivity contribution in [1.29, 1.82) is 0 Å². The molecule has 0 bridgehead atoms. The van der Waals surface area contributed by atoms with Crippen LogP contribution in [0, 0.1) is 5.41 Å². The summed E-state index contributed by atoms with van der Waals surface area (Å²) in [6.07, 6.45) is 4.20. The average molecular weight is 429 g/mol. The Morgan fingerprint density at radius 2 is 1.74 bits per heavy atom. The fraction of sp³-hybridized carbons (Fsp3) is 0.720. The van der Waals surface area contributed by atoms with Crippen molar-refractivity contribution in [3.8, 4) is 5.75 Å². The number of hydrogen-bond donors (Lipinski definition) is 0. The molecule has 1 aromatic carbocycles. The highest BCUT2D eigenvalue weighted by Gasteiger charge is 2.40. The van der Waals surface area contributed by atoms with E-state index in [0.29, 0.717) is 12.3 Å². The molecular formula is C25H40N4O2. The highest BCUT2D eigenvalue weighted by atomic mass is 16.5. The maximum atomic E-state index is 12.0. The van der Waals surface area contributed by atoms with E-state index in [-0.39, 0.29) is 5.41 Å². The molecule has 1 amide bonds. The van der Waals surface area contributed by atoms with Crippen molar-refractivity contribution < 1.29 is 9.53 Å². The number of carbonyl (C=O) groups is 1. The second kappa shape index (κ2) is 10.3. The lowest BCUT2D eigenvalue weighted by Crippen LogP contribution is -2.52. The average Bonchev–Trinajstić information content (AvgIpc) is 2.78. The second-order valence-electron chi connectivity index (χ2n) is 9.80. The molecule has 1 atom stereocenters. The molecule has 0 radical (unpaired) electrons. The molecule has 0 aromatic heterocycles. The van der Waals surface area contributed by atoms with Crippen LogP contribution in [0.1, 0.15) is 38.2 Å². The van der Waals surface area contributed by atoms with Crippen LogP contribution >= 0.6 is 0 Å². The van der Waals surface area contributed by atoms with E-state index in [1.54, 1.807) is 0 Å². The van der Waals surface area contributed by atoms with Gasteiger partial charge < -0.3 is 14.5 Å². The number of nitrogens with zero attached hydrogens (tertiary/aromatic N) is 4. The first-order valence-corrected chi connectivity index (χ1v) is 12.2. The monoisotopic (exact) mass is 428 g/mol. The zero-order valence-corrected chi connectivity index (χ0v) is 19.5. The second-order valence-corrected chi connectivity index (χ2v) is 9.80. The van der Waals surface area contributed by atoms with E-state index in [1.165, 1.54) is 31.5 Å². The lowest BCUT2D eigenvalue weighted by Gasteiger charge is -2.47. The fourth-order valence-corrected chi connectivity index (χ4v) is 5.64. The third-order valence-corrected chi connectivity index (χ3v) is 7.55. The molecule has 6 heteroatoms. The van der Waals surface area contributed by atoms with E-state index in [9.17, 15) is 4.79 Å². The van der Waals surface area contributed by atoms with Crippen LogP contribution in [-0.4, -0.2) is 98.1 Å². The minimum Gasteiger partial charge on any atom is -0.492 e. The largest absolute Gasteiger partial charge is 0.492 e. The first-order valence-electron chi connectivity index (χ1n) is 12.2. The van der Waals surface area contributed by atoms with Gasteiger partial charge in [0.1, 0.15) is 12.4 Å². The van der Waals surface area contributed by atoms with Gasteiger partial charge in [-0.25, -0.2) is 0 Å². The molecule has 4 rings (SSSR count). The molecule has 31 heavy (non-hydrogen) atoms. The van der Waals surface area contributed by atoms with Gasteiger partial charge in [0, 0.05) is 76.8 Å². The zero-order valence-electron chi connectivity index (χ0n) is 19.5. The Balaban J connectivity index is 1.30. The summed E-state index contributed by atoms with van der Waals surface area (Å²) in [6, 6.07) is 8.54. The number of rotatable bonds is 7. The third kappa shape index (κ3) is 5.79. The maximum absolute atomic E-state index is 12.0. The van der Waals surface area contributed by atoms with E-state index in [0.717, 1.165) is 71.1 Å². The summed E-state index contributed by atoms with van der Waals surface area (Å²) >= 11 is 0. The van der Waals surface area contributed by atoms with Crippen molar-refractivity contribution in [2.45, 2.75) is 39.2 Å². The maximum Gasteiger partial charge on any atom is 0.222 e. The van der Waals surface area contributed by atoms with Crippen LogP contribution < -0.4 is 4.74 Å². The number of benzene rings is 1. The van der Waals surface area contributed by atoms with Gasteiger partial charge in [-0.2, -0.15) is 0 Å². The first-order chi connectivity index (χ1) is 15.1. The van der Waals surface area contributed by atoms with Crippen LogP contribution in [0.15, 0.2) is 24.3 Å². The van der Waals surface area contributed by atoms with Crippen molar-refractivity contribution in [2.75, 3.05) is 72.6 Å². The van der Waals surface area contributed by atoms with E-state index in [1.807, 2.05) is 11.9 Å².